The van der Waals surface area contributed by atoms with Crippen molar-refractivity contribution in [1.29, 1.82) is 0 Å². The van der Waals surface area contributed by atoms with Crippen LogP contribution in [0.3, 0.4) is 0 Å². The number of amides is 1. The number of hydrogen-bond acceptors (Lipinski definition) is 4. The number of nitrogens with two attached hydrogens (primary N) is 1. The molecule has 104 valence electrons. The predicted octanol–water partition coefficient (Wildman–Crippen LogP) is 1.74. The third kappa shape index (κ3) is 2.41. The van der Waals surface area contributed by atoms with E-state index >= 15 is 0 Å². The molecule has 2 fully saturated rings. The molecule has 2 aliphatic carbocycles. The molecule has 3 N–H and O–H groups in total. The number of hydrogen-bond donors (Lipinski definition) is 2. The number of aromatic nitrogens is 1. The molecule has 2 aliphatic rings. The van der Waals surface area contributed by atoms with Crippen LogP contribution in [0.4, 0.5) is 0 Å². The summed E-state index contributed by atoms with van der Waals surface area (Å²) in [6.45, 7) is 2.76. The molecule has 0 spiro atoms. The lowest BCUT2D eigenvalue weighted by Gasteiger charge is -2.27. The lowest BCUT2D eigenvalue weighted by Crippen LogP contribution is -2.45. The van der Waals surface area contributed by atoms with E-state index in [-0.39, 0.29) is 23.8 Å². The molecule has 5 atom stereocenters. The van der Waals surface area contributed by atoms with Crippen molar-refractivity contribution >= 4 is 17.2 Å². The summed E-state index contributed by atoms with van der Waals surface area (Å²) in [6.07, 6.45) is 5.36. The number of nitrogens with one attached hydrogen (secondary N) is 1. The average molecular weight is 279 g/mol. The van der Waals surface area contributed by atoms with Gasteiger partial charge in [0.25, 0.3) is 0 Å². The van der Waals surface area contributed by atoms with Crippen LogP contribution in [-0.4, -0.2) is 23.5 Å². The molecule has 2 bridgehead atoms. The van der Waals surface area contributed by atoms with Crippen molar-refractivity contribution in [3.05, 3.63) is 16.6 Å². The van der Waals surface area contributed by atoms with Gasteiger partial charge in [0.05, 0.1) is 10.9 Å². The molecule has 3 rings (SSSR count). The van der Waals surface area contributed by atoms with Crippen LogP contribution in [0.2, 0.25) is 0 Å². The fourth-order valence-electron chi connectivity index (χ4n) is 3.66. The van der Waals surface area contributed by atoms with Gasteiger partial charge in [-0.25, -0.2) is 4.98 Å². The summed E-state index contributed by atoms with van der Waals surface area (Å²) in [4.78, 5) is 16.6. The zero-order chi connectivity index (χ0) is 13.4. The summed E-state index contributed by atoms with van der Waals surface area (Å²) in [7, 11) is 0. The Kier molecular flexibility index (Phi) is 3.58. The minimum atomic E-state index is 0.0437. The molecule has 2 saturated carbocycles. The first-order valence-corrected chi connectivity index (χ1v) is 7.97. The van der Waals surface area contributed by atoms with Gasteiger partial charge in [-0.15, -0.1) is 11.3 Å². The largest absolute Gasteiger partial charge is 0.355 e. The highest BCUT2D eigenvalue weighted by molar-refractivity contribution is 7.09. The third-order valence-corrected chi connectivity index (χ3v) is 5.75. The van der Waals surface area contributed by atoms with E-state index in [4.69, 9.17) is 5.73 Å². The van der Waals surface area contributed by atoms with Gasteiger partial charge in [-0.1, -0.05) is 6.92 Å². The number of carbonyl (C=O) groups is 1. The van der Waals surface area contributed by atoms with E-state index < -0.39 is 0 Å². The summed E-state index contributed by atoms with van der Waals surface area (Å²) < 4.78 is 0. The van der Waals surface area contributed by atoms with Crippen molar-refractivity contribution in [2.45, 2.75) is 38.1 Å². The Balaban J connectivity index is 1.54. The van der Waals surface area contributed by atoms with Crippen molar-refractivity contribution in [3.63, 3.8) is 0 Å². The van der Waals surface area contributed by atoms with Gasteiger partial charge in [0.2, 0.25) is 5.91 Å². The van der Waals surface area contributed by atoms with Crippen LogP contribution in [0.15, 0.2) is 11.6 Å². The van der Waals surface area contributed by atoms with Crippen molar-refractivity contribution in [3.8, 4) is 0 Å². The molecule has 0 saturated heterocycles. The van der Waals surface area contributed by atoms with Crippen LogP contribution in [0.25, 0.3) is 0 Å². The maximum atomic E-state index is 12.3. The van der Waals surface area contributed by atoms with E-state index in [1.54, 1.807) is 11.3 Å². The Morgan fingerprint density at radius 3 is 3.00 bits per heavy atom. The maximum Gasteiger partial charge on any atom is 0.224 e. The lowest BCUT2D eigenvalue weighted by atomic mass is 9.84. The molecular formula is C14H21N3OS. The zero-order valence-corrected chi connectivity index (χ0v) is 12.0. The molecule has 1 aromatic rings. The number of fused-ring (bicyclic) bond motifs is 2. The van der Waals surface area contributed by atoms with Crippen LogP contribution < -0.4 is 11.1 Å². The van der Waals surface area contributed by atoms with Crippen molar-refractivity contribution in [2.75, 3.05) is 6.54 Å². The van der Waals surface area contributed by atoms with Crippen molar-refractivity contribution in [2.24, 2.45) is 23.5 Å². The Hall–Kier alpha value is -0.940. The SMILES string of the molecule is CC(CNC(=O)C1C2CCC(C2)C1N)c1nccs1. The summed E-state index contributed by atoms with van der Waals surface area (Å²) in [5.74, 6) is 1.58. The van der Waals surface area contributed by atoms with Gasteiger partial charge in [-0.2, -0.15) is 0 Å². The minimum absolute atomic E-state index is 0.0437. The second-order valence-electron chi connectivity index (χ2n) is 5.95. The molecule has 19 heavy (non-hydrogen) atoms. The van der Waals surface area contributed by atoms with Crippen LogP contribution >= 0.6 is 11.3 Å². The fraction of sp³-hybridized carbons (Fsp3) is 0.714. The van der Waals surface area contributed by atoms with Gasteiger partial charge in [-0.3, -0.25) is 4.79 Å². The van der Waals surface area contributed by atoms with E-state index in [2.05, 4.69) is 17.2 Å². The third-order valence-electron chi connectivity index (χ3n) is 4.74. The van der Waals surface area contributed by atoms with E-state index in [1.807, 2.05) is 11.6 Å². The predicted molar refractivity (Wildman–Crippen MR) is 75.8 cm³/mol. The molecular weight excluding hydrogens is 258 g/mol. The van der Waals surface area contributed by atoms with Gasteiger partial charge in [-0.05, 0) is 31.1 Å². The minimum Gasteiger partial charge on any atom is -0.355 e. The molecule has 4 nitrogen and oxygen atoms in total. The van der Waals surface area contributed by atoms with Gasteiger partial charge in [0.15, 0.2) is 0 Å². The molecule has 1 aromatic heterocycles. The second kappa shape index (κ2) is 5.21. The van der Waals surface area contributed by atoms with E-state index in [0.717, 1.165) is 11.4 Å². The highest BCUT2D eigenvalue weighted by Gasteiger charge is 2.48. The van der Waals surface area contributed by atoms with Gasteiger partial charge >= 0.3 is 0 Å². The Morgan fingerprint density at radius 1 is 1.58 bits per heavy atom. The molecule has 1 amide bonds. The van der Waals surface area contributed by atoms with Crippen molar-refractivity contribution < 1.29 is 4.79 Å². The fourth-order valence-corrected chi connectivity index (χ4v) is 4.36. The summed E-state index contributed by atoms with van der Waals surface area (Å²) in [5, 5.41) is 6.13. The molecule has 1 heterocycles. The molecule has 0 aliphatic heterocycles. The molecule has 0 aromatic carbocycles. The topological polar surface area (TPSA) is 68.0 Å². The van der Waals surface area contributed by atoms with E-state index in [0.29, 0.717) is 18.4 Å². The Morgan fingerprint density at radius 2 is 2.37 bits per heavy atom. The van der Waals surface area contributed by atoms with Gasteiger partial charge < -0.3 is 11.1 Å². The first-order chi connectivity index (χ1) is 9.16. The molecule has 0 radical (unpaired) electrons. The van der Waals surface area contributed by atoms with Crippen LogP contribution in [0.1, 0.15) is 37.1 Å². The van der Waals surface area contributed by atoms with Gasteiger partial charge in [0, 0.05) is 30.1 Å². The number of rotatable bonds is 4. The van der Waals surface area contributed by atoms with Gasteiger partial charge in [0.1, 0.15) is 0 Å². The standard InChI is InChI=1S/C14H21N3OS/c1-8(14-16-4-5-19-14)7-17-13(18)11-9-2-3-10(6-9)12(11)15/h4-5,8-12H,2-3,6-7,15H2,1H3,(H,17,18). The quantitative estimate of drug-likeness (QED) is 0.882. The summed E-state index contributed by atoms with van der Waals surface area (Å²) >= 11 is 1.64. The smallest absolute Gasteiger partial charge is 0.224 e. The van der Waals surface area contributed by atoms with Crippen molar-refractivity contribution in [1.82, 2.24) is 10.3 Å². The van der Waals surface area contributed by atoms with Crippen LogP contribution in [0.5, 0.6) is 0 Å². The maximum absolute atomic E-state index is 12.3. The highest BCUT2D eigenvalue weighted by Crippen LogP contribution is 2.47. The zero-order valence-electron chi connectivity index (χ0n) is 11.2. The number of carbonyl (C=O) groups excluding carboxylic acids is 1. The second-order valence-corrected chi connectivity index (χ2v) is 6.88. The number of thiazole rings is 1. The molecule has 5 unspecified atom stereocenters. The monoisotopic (exact) mass is 279 g/mol. The first kappa shape index (κ1) is 13.1. The highest BCUT2D eigenvalue weighted by atomic mass is 32.1. The van der Waals surface area contributed by atoms with E-state index in [1.165, 1.54) is 12.8 Å². The average Bonchev–Trinajstić information content (AvgIpc) is 3.11. The lowest BCUT2D eigenvalue weighted by molar-refractivity contribution is -0.127. The molecule has 5 heteroatoms. The summed E-state index contributed by atoms with van der Waals surface area (Å²) in [6, 6.07) is 0.0777. The Bertz CT molecular complexity index is 446. The van der Waals surface area contributed by atoms with Crippen LogP contribution in [0, 0.1) is 17.8 Å². The summed E-state index contributed by atoms with van der Waals surface area (Å²) in [5.41, 5.74) is 6.19. The normalized spacial score (nSPS) is 34.4. The first-order valence-electron chi connectivity index (χ1n) is 7.09. The number of nitrogens with zero attached hydrogens (tertiary/aromatic N) is 1. The Labute approximate surface area is 117 Å². The van der Waals surface area contributed by atoms with E-state index in [9.17, 15) is 4.79 Å². The van der Waals surface area contributed by atoms with Crippen LogP contribution in [-0.2, 0) is 4.79 Å².